The Morgan fingerprint density at radius 3 is 2.71 bits per heavy atom. The molecule has 0 aliphatic rings. The largest absolute Gasteiger partial charge is 0.416 e. The van der Waals surface area contributed by atoms with Crippen molar-refractivity contribution in [2.24, 2.45) is 0 Å². The van der Waals surface area contributed by atoms with E-state index in [1.807, 2.05) is 0 Å². The number of halogens is 4. The minimum absolute atomic E-state index is 0.0500. The van der Waals surface area contributed by atoms with Crippen LogP contribution in [0.3, 0.4) is 0 Å². The summed E-state index contributed by atoms with van der Waals surface area (Å²) in [5.74, 6) is -0.553. The number of carbonyl (C=O) groups excluding carboxylic acids is 1. The molecule has 0 atom stereocenters. The molecule has 0 spiro atoms. The van der Waals surface area contributed by atoms with E-state index < -0.39 is 17.5 Å². The molecule has 3 aromatic rings. The van der Waals surface area contributed by atoms with Gasteiger partial charge in [-0.1, -0.05) is 29.8 Å². The van der Waals surface area contributed by atoms with Crippen LogP contribution in [0.1, 0.15) is 21.6 Å². The molecule has 3 nitrogen and oxygen atoms in total. The van der Waals surface area contributed by atoms with Crippen molar-refractivity contribution < 1.29 is 18.0 Å². The standard InChI is InChI=1S/C17H10ClF3N2O/c18-16-13(23-9-2-1-6-15(23)22-16)7-8-14(24)11-4-3-5-12(10-11)17(19,20)21/h1-10H/b8-7+. The van der Waals surface area contributed by atoms with E-state index >= 15 is 0 Å². The summed E-state index contributed by atoms with van der Waals surface area (Å²) in [6.45, 7) is 0. The van der Waals surface area contributed by atoms with Gasteiger partial charge in [0.1, 0.15) is 5.65 Å². The highest BCUT2D eigenvalue weighted by Crippen LogP contribution is 2.29. The molecule has 0 unspecified atom stereocenters. The average Bonchev–Trinajstić information content (AvgIpc) is 2.87. The number of benzene rings is 1. The first-order valence-electron chi connectivity index (χ1n) is 6.88. The summed E-state index contributed by atoms with van der Waals surface area (Å²) in [4.78, 5) is 16.3. The zero-order valence-corrected chi connectivity index (χ0v) is 12.8. The van der Waals surface area contributed by atoms with Crippen LogP contribution in [0.4, 0.5) is 13.2 Å². The quantitative estimate of drug-likeness (QED) is 0.497. The van der Waals surface area contributed by atoms with Crippen molar-refractivity contribution in [3.8, 4) is 0 Å². The lowest BCUT2D eigenvalue weighted by atomic mass is 10.1. The van der Waals surface area contributed by atoms with Crippen molar-refractivity contribution in [2.75, 3.05) is 0 Å². The van der Waals surface area contributed by atoms with E-state index in [1.165, 1.54) is 24.3 Å². The average molecular weight is 351 g/mol. The molecule has 0 amide bonds. The van der Waals surface area contributed by atoms with Crippen LogP contribution in [0.15, 0.2) is 54.7 Å². The summed E-state index contributed by atoms with van der Waals surface area (Å²) in [5.41, 5.74) is 0.168. The number of ketones is 1. The van der Waals surface area contributed by atoms with Gasteiger partial charge in [-0.2, -0.15) is 13.2 Å². The maximum Gasteiger partial charge on any atom is 0.416 e. The summed E-state index contributed by atoms with van der Waals surface area (Å²) in [7, 11) is 0. The maximum atomic E-state index is 12.7. The lowest BCUT2D eigenvalue weighted by molar-refractivity contribution is -0.137. The van der Waals surface area contributed by atoms with Crippen molar-refractivity contribution in [1.29, 1.82) is 0 Å². The fourth-order valence-corrected chi connectivity index (χ4v) is 2.48. The number of aromatic nitrogens is 2. The van der Waals surface area contributed by atoms with E-state index in [0.29, 0.717) is 11.3 Å². The molecule has 0 saturated carbocycles. The van der Waals surface area contributed by atoms with Gasteiger partial charge in [0.25, 0.3) is 0 Å². The number of rotatable bonds is 3. The van der Waals surface area contributed by atoms with Gasteiger partial charge in [-0.25, -0.2) is 4.98 Å². The molecule has 0 aliphatic carbocycles. The summed E-state index contributed by atoms with van der Waals surface area (Å²) >= 11 is 6.04. The van der Waals surface area contributed by atoms with E-state index in [4.69, 9.17) is 11.6 Å². The molecule has 7 heteroatoms. The molecule has 24 heavy (non-hydrogen) atoms. The van der Waals surface area contributed by atoms with E-state index in [0.717, 1.165) is 12.1 Å². The smallest absolute Gasteiger partial charge is 0.299 e. The molecule has 2 aromatic heterocycles. The van der Waals surface area contributed by atoms with E-state index in [1.54, 1.807) is 28.8 Å². The van der Waals surface area contributed by atoms with Crippen LogP contribution < -0.4 is 0 Å². The molecular weight excluding hydrogens is 341 g/mol. The third-order valence-corrected chi connectivity index (χ3v) is 3.67. The number of fused-ring (bicyclic) bond motifs is 1. The number of pyridine rings is 1. The van der Waals surface area contributed by atoms with Gasteiger partial charge >= 0.3 is 6.18 Å². The van der Waals surface area contributed by atoms with Crippen LogP contribution >= 0.6 is 11.6 Å². The Hall–Kier alpha value is -2.60. The van der Waals surface area contributed by atoms with Crippen molar-refractivity contribution in [2.45, 2.75) is 6.18 Å². The molecule has 0 aliphatic heterocycles. The molecule has 1 aromatic carbocycles. The number of imidazole rings is 1. The van der Waals surface area contributed by atoms with Crippen molar-refractivity contribution in [3.63, 3.8) is 0 Å². The zero-order chi connectivity index (χ0) is 17.3. The van der Waals surface area contributed by atoms with Gasteiger partial charge in [0.2, 0.25) is 0 Å². The zero-order valence-electron chi connectivity index (χ0n) is 12.1. The van der Waals surface area contributed by atoms with Gasteiger partial charge in [0.05, 0.1) is 11.3 Å². The minimum Gasteiger partial charge on any atom is -0.299 e. The number of nitrogens with zero attached hydrogens (tertiary/aromatic N) is 2. The minimum atomic E-state index is -4.50. The molecule has 0 radical (unpaired) electrons. The number of hydrogen-bond donors (Lipinski definition) is 0. The highest BCUT2D eigenvalue weighted by molar-refractivity contribution is 6.31. The van der Waals surface area contributed by atoms with Crippen LogP contribution in [0.5, 0.6) is 0 Å². The number of carbonyl (C=O) groups is 1. The lowest BCUT2D eigenvalue weighted by Crippen LogP contribution is -2.06. The Morgan fingerprint density at radius 2 is 1.96 bits per heavy atom. The summed E-state index contributed by atoms with van der Waals surface area (Å²) in [5, 5.41) is 0.203. The lowest BCUT2D eigenvalue weighted by Gasteiger charge is -2.07. The van der Waals surface area contributed by atoms with Gasteiger partial charge in [-0.05, 0) is 36.4 Å². The first kappa shape index (κ1) is 16.3. The Labute approximate surface area is 140 Å². The third-order valence-electron chi connectivity index (χ3n) is 3.39. The summed E-state index contributed by atoms with van der Waals surface area (Å²) in [6.07, 6.45) is -0.156. The van der Waals surface area contributed by atoms with Crippen LogP contribution in [-0.4, -0.2) is 15.2 Å². The second-order valence-electron chi connectivity index (χ2n) is 4.99. The molecule has 0 N–H and O–H groups in total. The topological polar surface area (TPSA) is 34.4 Å². The normalized spacial score (nSPS) is 12.2. The van der Waals surface area contributed by atoms with Gasteiger partial charge in [-0.15, -0.1) is 0 Å². The molecule has 0 bridgehead atoms. The maximum absolute atomic E-state index is 12.7. The van der Waals surface area contributed by atoms with E-state index in [9.17, 15) is 18.0 Å². The summed E-state index contributed by atoms with van der Waals surface area (Å²) < 4.78 is 39.8. The predicted octanol–water partition coefficient (Wildman–Crippen LogP) is 4.90. The van der Waals surface area contributed by atoms with Gasteiger partial charge in [0.15, 0.2) is 10.9 Å². The molecule has 0 saturated heterocycles. The van der Waals surface area contributed by atoms with E-state index in [-0.39, 0.29) is 10.7 Å². The Morgan fingerprint density at radius 1 is 1.17 bits per heavy atom. The Bertz CT molecular complexity index is 944. The van der Waals surface area contributed by atoms with Crippen molar-refractivity contribution in [1.82, 2.24) is 9.38 Å². The number of allylic oxidation sites excluding steroid dienone is 1. The first-order valence-corrected chi connectivity index (χ1v) is 7.26. The van der Waals surface area contributed by atoms with Crippen LogP contribution in [-0.2, 0) is 6.18 Å². The Kier molecular flexibility index (Phi) is 4.15. The Balaban J connectivity index is 1.92. The van der Waals surface area contributed by atoms with E-state index in [2.05, 4.69) is 4.98 Å². The molecular formula is C17H10ClF3N2O. The molecule has 0 fully saturated rings. The highest BCUT2D eigenvalue weighted by atomic mass is 35.5. The highest BCUT2D eigenvalue weighted by Gasteiger charge is 2.30. The monoisotopic (exact) mass is 350 g/mol. The fraction of sp³-hybridized carbons (Fsp3) is 0.0588. The van der Waals surface area contributed by atoms with Gasteiger partial charge in [-0.3, -0.25) is 9.20 Å². The predicted molar refractivity (Wildman–Crippen MR) is 85.0 cm³/mol. The third kappa shape index (κ3) is 3.19. The van der Waals surface area contributed by atoms with Gasteiger partial charge in [0, 0.05) is 11.8 Å². The fourth-order valence-electron chi connectivity index (χ4n) is 2.23. The van der Waals surface area contributed by atoms with Gasteiger partial charge < -0.3 is 0 Å². The molecule has 3 rings (SSSR count). The van der Waals surface area contributed by atoms with Crippen molar-refractivity contribution in [3.05, 3.63) is 76.7 Å². The molecule has 122 valence electrons. The van der Waals surface area contributed by atoms with Crippen LogP contribution in [0, 0.1) is 0 Å². The first-order chi connectivity index (χ1) is 11.4. The van der Waals surface area contributed by atoms with Crippen molar-refractivity contribution >= 4 is 29.1 Å². The van der Waals surface area contributed by atoms with Crippen LogP contribution in [0.25, 0.3) is 11.7 Å². The number of hydrogen-bond acceptors (Lipinski definition) is 2. The second kappa shape index (κ2) is 6.13. The SMILES string of the molecule is O=C(/C=C/c1c(Cl)nc2ccccn12)c1cccc(C(F)(F)F)c1. The summed E-state index contributed by atoms with van der Waals surface area (Å²) in [6, 6.07) is 9.59. The van der Waals surface area contributed by atoms with Crippen LogP contribution in [0.2, 0.25) is 5.15 Å². The molecule has 2 heterocycles. The number of alkyl halides is 3. The second-order valence-corrected chi connectivity index (χ2v) is 5.35.